The number of hydrogen-bond donors (Lipinski definition) is 2. The SMILES string of the molecule is NC(=O)C(NCc1cccs1)c1cc(Cl)cc(Cl)c1. The van der Waals surface area contributed by atoms with Crippen molar-refractivity contribution >= 4 is 40.4 Å². The molecule has 100 valence electrons. The predicted octanol–water partition coefficient (Wildman–Crippen LogP) is 3.37. The van der Waals surface area contributed by atoms with Crippen LogP contribution in [0.3, 0.4) is 0 Å². The fraction of sp³-hybridized carbons (Fsp3) is 0.154. The number of halogens is 2. The number of amides is 1. The Bertz CT molecular complexity index is 552. The van der Waals surface area contributed by atoms with Crippen molar-refractivity contribution in [3.63, 3.8) is 0 Å². The molecule has 1 heterocycles. The van der Waals surface area contributed by atoms with Gasteiger partial charge in [-0.05, 0) is 35.2 Å². The Labute approximate surface area is 125 Å². The highest BCUT2D eigenvalue weighted by Crippen LogP contribution is 2.24. The number of thiophene rings is 1. The molecule has 0 saturated heterocycles. The zero-order valence-corrected chi connectivity index (χ0v) is 12.2. The van der Waals surface area contributed by atoms with Crippen LogP contribution in [-0.4, -0.2) is 5.91 Å². The van der Waals surface area contributed by atoms with Crippen LogP contribution in [0.25, 0.3) is 0 Å². The van der Waals surface area contributed by atoms with Gasteiger partial charge in [0.05, 0.1) is 0 Å². The molecule has 19 heavy (non-hydrogen) atoms. The zero-order valence-electron chi connectivity index (χ0n) is 9.90. The highest BCUT2D eigenvalue weighted by molar-refractivity contribution is 7.09. The molecule has 3 nitrogen and oxygen atoms in total. The molecule has 1 amide bonds. The first-order valence-electron chi connectivity index (χ1n) is 5.57. The van der Waals surface area contributed by atoms with Gasteiger partial charge < -0.3 is 5.73 Å². The second-order valence-corrected chi connectivity index (χ2v) is 5.90. The lowest BCUT2D eigenvalue weighted by atomic mass is 10.1. The second-order valence-electron chi connectivity index (χ2n) is 4.00. The van der Waals surface area contributed by atoms with E-state index in [1.54, 1.807) is 29.5 Å². The van der Waals surface area contributed by atoms with E-state index in [0.29, 0.717) is 22.2 Å². The number of carbonyl (C=O) groups excluding carboxylic acids is 1. The first kappa shape index (κ1) is 14.3. The summed E-state index contributed by atoms with van der Waals surface area (Å²) in [7, 11) is 0. The third kappa shape index (κ3) is 3.94. The number of benzene rings is 1. The third-order valence-electron chi connectivity index (χ3n) is 2.56. The maximum absolute atomic E-state index is 11.6. The molecule has 2 aromatic rings. The fourth-order valence-electron chi connectivity index (χ4n) is 1.74. The Hall–Kier alpha value is -1.07. The normalized spacial score (nSPS) is 12.3. The summed E-state index contributed by atoms with van der Waals surface area (Å²) < 4.78 is 0. The van der Waals surface area contributed by atoms with Crippen LogP contribution in [0.5, 0.6) is 0 Å². The summed E-state index contributed by atoms with van der Waals surface area (Å²) >= 11 is 13.5. The van der Waals surface area contributed by atoms with E-state index in [0.717, 1.165) is 4.88 Å². The lowest BCUT2D eigenvalue weighted by Gasteiger charge is -2.16. The third-order valence-corrected chi connectivity index (χ3v) is 3.88. The molecule has 1 aromatic carbocycles. The molecule has 0 aliphatic carbocycles. The van der Waals surface area contributed by atoms with Crippen LogP contribution >= 0.6 is 34.5 Å². The smallest absolute Gasteiger partial charge is 0.239 e. The molecule has 1 aromatic heterocycles. The van der Waals surface area contributed by atoms with E-state index in [-0.39, 0.29) is 0 Å². The van der Waals surface area contributed by atoms with E-state index in [9.17, 15) is 4.79 Å². The van der Waals surface area contributed by atoms with Gasteiger partial charge in [-0.15, -0.1) is 11.3 Å². The van der Waals surface area contributed by atoms with Crippen LogP contribution in [-0.2, 0) is 11.3 Å². The minimum absolute atomic E-state index is 0.463. The molecule has 0 fully saturated rings. The maximum atomic E-state index is 11.6. The molecule has 0 aliphatic heterocycles. The molecule has 0 radical (unpaired) electrons. The predicted molar refractivity (Wildman–Crippen MR) is 79.6 cm³/mol. The number of hydrogen-bond acceptors (Lipinski definition) is 3. The first-order chi connectivity index (χ1) is 9.06. The maximum Gasteiger partial charge on any atom is 0.239 e. The highest BCUT2D eigenvalue weighted by atomic mass is 35.5. The van der Waals surface area contributed by atoms with Crippen molar-refractivity contribution in [1.29, 1.82) is 0 Å². The molecule has 0 saturated carbocycles. The summed E-state index contributed by atoms with van der Waals surface area (Å²) in [6.07, 6.45) is 0. The molecule has 1 atom stereocenters. The van der Waals surface area contributed by atoms with Gasteiger partial charge in [0.15, 0.2) is 0 Å². The largest absolute Gasteiger partial charge is 0.368 e. The first-order valence-corrected chi connectivity index (χ1v) is 7.21. The molecular formula is C13H12Cl2N2OS. The summed E-state index contributed by atoms with van der Waals surface area (Å²) in [6.45, 7) is 0.565. The molecular weight excluding hydrogens is 303 g/mol. The van der Waals surface area contributed by atoms with Crippen LogP contribution in [0.15, 0.2) is 35.7 Å². The standard InChI is InChI=1S/C13H12Cl2N2OS/c14-9-4-8(5-10(15)6-9)12(13(16)18)17-7-11-2-1-3-19-11/h1-6,12,17H,7H2,(H2,16,18). The quantitative estimate of drug-likeness (QED) is 0.889. The Morgan fingerprint density at radius 1 is 1.32 bits per heavy atom. The number of carbonyl (C=O) groups is 1. The van der Waals surface area contributed by atoms with E-state index in [4.69, 9.17) is 28.9 Å². The molecule has 2 rings (SSSR count). The Morgan fingerprint density at radius 2 is 2.00 bits per heavy atom. The topological polar surface area (TPSA) is 55.1 Å². The van der Waals surface area contributed by atoms with Gasteiger partial charge in [0.1, 0.15) is 6.04 Å². The number of rotatable bonds is 5. The van der Waals surface area contributed by atoms with Crippen LogP contribution in [0.4, 0.5) is 0 Å². The minimum atomic E-state index is -0.613. The van der Waals surface area contributed by atoms with Gasteiger partial charge in [0, 0.05) is 21.5 Å². The molecule has 3 N–H and O–H groups in total. The molecule has 0 bridgehead atoms. The van der Waals surface area contributed by atoms with Crippen molar-refractivity contribution in [2.24, 2.45) is 5.73 Å². The molecule has 0 aliphatic rings. The lowest BCUT2D eigenvalue weighted by Crippen LogP contribution is -2.33. The van der Waals surface area contributed by atoms with Crippen molar-refractivity contribution in [1.82, 2.24) is 5.32 Å². The number of nitrogens with two attached hydrogens (primary N) is 1. The second kappa shape index (κ2) is 6.39. The van der Waals surface area contributed by atoms with Crippen molar-refractivity contribution in [3.8, 4) is 0 Å². The minimum Gasteiger partial charge on any atom is -0.368 e. The van der Waals surface area contributed by atoms with Crippen LogP contribution in [0, 0.1) is 0 Å². The monoisotopic (exact) mass is 314 g/mol. The lowest BCUT2D eigenvalue weighted by molar-refractivity contribution is -0.120. The summed E-state index contributed by atoms with van der Waals surface area (Å²) in [5, 5.41) is 6.05. The zero-order chi connectivity index (χ0) is 13.8. The Morgan fingerprint density at radius 3 is 2.53 bits per heavy atom. The summed E-state index contributed by atoms with van der Waals surface area (Å²) in [4.78, 5) is 12.7. The fourth-order valence-corrected chi connectivity index (χ4v) is 2.94. The molecule has 0 spiro atoms. The average molecular weight is 315 g/mol. The number of nitrogens with one attached hydrogen (secondary N) is 1. The Kier molecular flexibility index (Phi) is 4.82. The van der Waals surface area contributed by atoms with Crippen molar-refractivity contribution in [2.45, 2.75) is 12.6 Å². The van der Waals surface area contributed by atoms with E-state index in [2.05, 4.69) is 5.32 Å². The summed E-state index contributed by atoms with van der Waals surface area (Å²) in [6, 6.07) is 8.31. The summed E-state index contributed by atoms with van der Waals surface area (Å²) in [5.41, 5.74) is 6.09. The van der Waals surface area contributed by atoms with Gasteiger partial charge in [0.25, 0.3) is 0 Å². The van der Waals surface area contributed by atoms with E-state index < -0.39 is 11.9 Å². The summed E-state index contributed by atoms with van der Waals surface area (Å²) in [5.74, 6) is -0.463. The average Bonchev–Trinajstić information content (AvgIpc) is 2.80. The molecule has 1 unspecified atom stereocenters. The Balaban J connectivity index is 2.17. The van der Waals surface area contributed by atoms with Gasteiger partial charge in [-0.3, -0.25) is 10.1 Å². The number of primary amides is 1. The van der Waals surface area contributed by atoms with Crippen molar-refractivity contribution in [3.05, 3.63) is 56.2 Å². The van der Waals surface area contributed by atoms with E-state index in [1.807, 2.05) is 17.5 Å². The van der Waals surface area contributed by atoms with Crippen LogP contribution < -0.4 is 11.1 Å². The van der Waals surface area contributed by atoms with Crippen LogP contribution in [0.2, 0.25) is 10.0 Å². The van der Waals surface area contributed by atoms with Crippen molar-refractivity contribution < 1.29 is 4.79 Å². The van der Waals surface area contributed by atoms with Gasteiger partial charge >= 0.3 is 0 Å². The van der Waals surface area contributed by atoms with Gasteiger partial charge in [-0.2, -0.15) is 0 Å². The van der Waals surface area contributed by atoms with Gasteiger partial charge in [-0.25, -0.2) is 0 Å². The van der Waals surface area contributed by atoms with Crippen molar-refractivity contribution in [2.75, 3.05) is 0 Å². The highest BCUT2D eigenvalue weighted by Gasteiger charge is 2.18. The van der Waals surface area contributed by atoms with E-state index in [1.165, 1.54) is 0 Å². The van der Waals surface area contributed by atoms with Crippen LogP contribution in [0.1, 0.15) is 16.5 Å². The van der Waals surface area contributed by atoms with Gasteiger partial charge in [-0.1, -0.05) is 29.3 Å². The van der Waals surface area contributed by atoms with Gasteiger partial charge in [0.2, 0.25) is 5.91 Å². The molecule has 6 heteroatoms. The van der Waals surface area contributed by atoms with E-state index >= 15 is 0 Å².